The van der Waals surface area contributed by atoms with E-state index in [9.17, 15) is 14.4 Å². The second kappa shape index (κ2) is 12.9. The number of hydrogen-bond acceptors (Lipinski definition) is 7. The predicted molar refractivity (Wildman–Crippen MR) is 112 cm³/mol. The number of nitrogens with one attached hydrogen (secondary N) is 2. The van der Waals surface area contributed by atoms with Gasteiger partial charge in [-0.05, 0) is 46.1 Å². The van der Waals surface area contributed by atoms with Crippen LogP contribution in [0.5, 0.6) is 0 Å². The van der Waals surface area contributed by atoms with Crippen molar-refractivity contribution in [3.05, 3.63) is 0 Å². The highest BCUT2D eigenvalue weighted by atomic mass is 32.2. The lowest BCUT2D eigenvalue weighted by Gasteiger charge is -2.31. The number of carbonyl (C=O) groups excluding carboxylic acids is 3. The number of rotatable bonds is 10. The van der Waals surface area contributed by atoms with E-state index in [4.69, 9.17) is 14.2 Å². The van der Waals surface area contributed by atoms with Gasteiger partial charge in [-0.15, -0.1) is 0 Å². The van der Waals surface area contributed by atoms with Crippen LogP contribution in [0.1, 0.15) is 34.1 Å². The molecule has 0 aromatic rings. The normalized spacial score (nSPS) is 16.7. The van der Waals surface area contributed by atoms with Crippen molar-refractivity contribution in [3.63, 3.8) is 0 Å². The van der Waals surface area contributed by atoms with Gasteiger partial charge in [-0.3, -0.25) is 9.59 Å². The molecule has 1 heterocycles. The zero-order valence-electron chi connectivity index (χ0n) is 18.1. The van der Waals surface area contributed by atoms with Crippen LogP contribution in [0.25, 0.3) is 0 Å². The first-order valence-electron chi connectivity index (χ1n) is 9.91. The summed E-state index contributed by atoms with van der Waals surface area (Å²) >= 11 is 1.56. The van der Waals surface area contributed by atoms with E-state index < -0.39 is 29.7 Å². The summed E-state index contributed by atoms with van der Waals surface area (Å²) in [6, 6.07) is -1.63. The van der Waals surface area contributed by atoms with E-state index in [0.717, 1.165) is 0 Å². The summed E-state index contributed by atoms with van der Waals surface area (Å²) < 4.78 is 15.9. The van der Waals surface area contributed by atoms with Crippen molar-refractivity contribution in [1.82, 2.24) is 15.5 Å². The molecule has 2 N–H and O–H groups in total. The molecular weight excluding hydrogens is 398 g/mol. The number of thioether (sulfide) groups is 1. The fourth-order valence-corrected chi connectivity index (χ4v) is 3.11. The van der Waals surface area contributed by atoms with Crippen LogP contribution in [-0.2, 0) is 23.8 Å². The molecule has 0 radical (unpaired) electrons. The summed E-state index contributed by atoms with van der Waals surface area (Å²) in [5, 5.41) is 5.37. The van der Waals surface area contributed by atoms with Gasteiger partial charge in [-0.25, -0.2) is 4.79 Å². The second-order valence-corrected chi connectivity index (χ2v) is 8.62. The first kappa shape index (κ1) is 25.5. The van der Waals surface area contributed by atoms with Gasteiger partial charge in [0.1, 0.15) is 17.7 Å². The van der Waals surface area contributed by atoms with Crippen LogP contribution in [-0.4, -0.2) is 92.0 Å². The standard InChI is InChI=1S/C19H35N3O6S/c1-6-26-13-15(17(24)22-8-10-27-11-9-22)20-16(23)14(7-12-29-5)21-18(25)28-19(2,3)4/h14-15H,6-13H2,1-5H3,(H,20,23)(H,21,25)/t14-,15-/m0/s1. The van der Waals surface area contributed by atoms with E-state index in [0.29, 0.717) is 45.1 Å². The Morgan fingerprint density at radius 3 is 2.34 bits per heavy atom. The molecule has 0 aromatic carbocycles. The maximum absolute atomic E-state index is 12.9. The predicted octanol–water partition coefficient (Wildman–Crippen LogP) is 1.01. The minimum atomic E-state index is -0.822. The number of amides is 3. The van der Waals surface area contributed by atoms with Crippen molar-refractivity contribution in [1.29, 1.82) is 0 Å². The topological polar surface area (TPSA) is 106 Å². The molecule has 168 valence electrons. The average molecular weight is 434 g/mol. The van der Waals surface area contributed by atoms with Gasteiger partial charge in [0.15, 0.2) is 0 Å². The summed E-state index contributed by atoms with van der Waals surface area (Å²) in [7, 11) is 0. The van der Waals surface area contributed by atoms with Gasteiger partial charge in [0.05, 0.1) is 19.8 Å². The Hall–Kier alpha value is -1.52. The molecule has 1 saturated heterocycles. The lowest BCUT2D eigenvalue weighted by molar-refractivity contribution is -0.142. The molecule has 2 atom stereocenters. The molecule has 10 heteroatoms. The maximum atomic E-state index is 12.9. The molecule has 0 aromatic heterocycles. The number of carbonyl (C=O) groups is 3. The molecule has 1 aliphatic heterocycles. The average Bonchev–Trinajstić information content (AvgIpc) is 2.66. The second-order valence-electron chi connectivity index (χ2n) is 7.64. The summed E-state index contributed by atoms with van der Waals surface area (Å²) in [4.78, 5) is 39.5. The molecule has 3 amide bonds. The number of nitrogens with zero attached hydrogens (tertiary/aromatic N) is 1. The Morgan fingerprint density at radius 2 is 1.79 bits per heavy atom. The minimum Gasteiger partial charge on any atom is -0.444 e. The first-order valence-corrected chi connectivity index (χ1v) is 11.3. The molecule has 0 spiro atoms. The van der Waals surface area contributed by atoms with Crippen LogP contribution >= 0.6 is 11.8 Å². The zero-order valence-corrected chi connectivity index (χ0v) is 18.9. The summed E-state index contributed by atoms with van der Waals surface area (Å²) in [5.74, 6) is 0.0220. The van der Waals surface area contributed by atoms with Gasteiger partial charge in [0.2, 0.25) is 11.8 Å². The summed E-state index contributed by atoms with van der Waals surface area (Å²) in [6.07, 6.45) is 1.67. The smallest absolute Gasteiger partial charge is 0.408 e. The van der Waals surface area contributed by atoms with E-state index in [2.05, 4.69) is 10.6 Å². The Morgan fingerprint density at radius 1 is 1.14 bits per heavy atom. The zero-order chi connectivity index (χ0) is 21.9. The van der Waals surface area contributed by atoms with E-state index in [1.807, 2.05) is 13.2 Å². The summed E-state index contributed by atoms with van der Waals surface area (Å²) in [5.41, 5.74) is -0.672. The van der Waals surface area contributed by atoms with Crippen LogP contribution in [0.4, 0.5) is 4.79 Å². The number of morpholine rings is 1. The van der Waals surface area contributed by atoms with Crippen molar-refractivity contribution in [2.75, 3.05) is 51.5 Å². The van der Waals surface area contributed by atoms with E-state index in [1.54, 1.807) is 37.4 Å². The number of ether oxygens (including phenoxy) is 3. The Balaban J connectivity index is 2.80. The molecule has 1 aliphatic rings. The van der Waals surface area contributed by atoms with Crippen molar-refractivity contribution >= 4 is 29.7 Å². The Bertz CT molecular complexity index is 535. The number of alkyl carbamates (subject to hydrolysis) is 1. The third kappa shape index (κ3) is 10.2. The highest BCUT2D eigenvalue weighted by molar-refractivity contribution is 7.98. The van der Waals surface area contributed by atoms with Gasteiger partial charge in [-0.2, -0.15) is 11.8 Å². The third-order valence-electron chi connectivity index (χ3n) is 4.04. The molecule has 1 rings (SSSR count). The van der Waals surface area contributed by atoms with Gasteiger partial charge < -0.3 is 29.7 Å². The lowest BCUT2D eigenvalue weighted by atomic mass is 10.1. The minimum absolute atomic E-state index is 0.0696. The van der Waals surface area contributed by atoms with Crippen molar-refractivity contribution in [2.45, 2.75) is 51.8 Å². The lowest BCUT2D eigenvalue weighted by Crippen LogP contribution is -2.57. The van der Waals surface area contributed by atoms with Gasteiger partial charge >= 0.3 is 6.09 Å². The summed E-state index contributed by atoms with van der Waals surface area (Å²) in [6.45, 7) is 9.47. The number of hydrogen-bond donors (Lipinski definition) is 2. The quantitative estimate of drug-likeness (QED) is 0.530. The Kier molecular flexibility index (Phi) is 11.4. The van der Waals surface area contributed by atoms with Gasteiger partial charge in [-0.1, -0.05) is 0 Å². The van der Waals surface area contributed by atoms with E-state index >= 15 is 0 Å². The Labute approximate surface area is 177 Å². The van der Waals surface area contributed by atoms with Crippen LogP contribution in [0.15, 0.2) is 0 Å². The van der Waals surface area contributed by atoms with Crippen molar-refractivity contribution in [2.24, 2.45) is 0 Å². The van der Waals surface area contributed by atoms with Gasteiger partial charge in [0, 0.05) is 19.7 Å². The molecular formula is C19H35N3O6S. The highest BCUT2D eigenvalue weighted by Crippen LogP contribution is 2.09. The van der Waals surface area contributed by atoms with Crippen LogP contribution in [0.3, 0.4) is 0 Å². The molecule has 0 saturated carbocycles. The van der Waals surface area contributed by atoms with Crippen molar-refractivity contribution < 1.29 is 28.6 Å². The third-order valence-corrected chi connectivity index (χ3v) is 4.69. The van der Waals surface area contributed by atoms with Crippen LogP contribution < -0.4 is 10.6 Å². The molecule has 0 unspecified atom stereocenters. The maximum Gasteiger partial charge on any atom is 0.408 e. The molecule has 1 fully saturated rings. The first-order chi connectivity index (χ1) is 13.7. The molecule has 29 heavy (non-hydrogen) atoms. The molecule has 9 nitrogen and oxygen atoms in total. The van der Waals surface area contributed by atoms with Crippen LogP contribution in [0.2, 0.25) is 0 Å². The van der Waals surface area contributed by atoms with Crippen molar-refractivity contribution in [3.8, 4) is 0 Å². The van der Waals surface area contributed by atoms with Crippen LogP contribution in [0, 0.1) is 0 Å². The molecule has 0 aliphatic carbocycles. The fraction of sp³-hybridized carbons (Fsp3) is 0.842. The molecule has 0 bridgehead atoms. The SMILES string of the molecule is CCOC[C@H](NC(=O)[C@H](CCSC)NC(=O)OC(C)(C)C)C(=O)N1CCOCC1. The highest BCUT2D eigenvalue weighted by Gasteiger charge is 2.31. The van der Waals surface area contributed by atoms with E-state index in [1.165, 1.54) is 0 Å². The largest absolute Gasteiger partial charge is 0.444 e. The van der Waals surface area contributed by atoms with E-state index in [-0.39, 0.29) is 12.5 Å². The monoisotopic (exact) mass is 433 g/mol. The van der Waals surface area contributed by atoms with Gasteiger partial charge in [0.25, 0.3) is 0 Å². The fourth-order valence-electron chi connectivity index (χ4n) is 2.64.